The van der Waals surface area contributed by atoms with Crippen LogP contribution in [0.5, 0.6) is 0 Å². The molecule has 0 amide bonds. The van der Waals surface area contributed by atoms with E-state index >= 15 is 0 Å². The molecule has 0 aliphatic heterocycles. The molecule has 0 aliphatic carbocycles. The Morgan fingerprint density at radius 1 is 0.345 bits per heavy atom. The molecule has 0 aromatic rings. The Bertz CT molecular complexity index is 259. The van der Waals surface area contributed by atoms with Crippen molar-refractivity contribution < 1.29 is 4.80 Å². The van der Waals surface area contributed by atoms with Gasteiger partial charge in [0.05, 0.1) is 0 Å². The fourth-order valence-electron chi connectivity index (χ4n) is 4.59. The highest BCUT2D eigenvalue weighted by atomic mass is 28.4. The van der Waals surface area contributed by atoms with E-state index in [1.807, 2.05) is 0 Å². The summed E-state index contributed by atoms with van der Waals surface area (Å²) in [6, 6.07) is 3.23. The Kier molecular flexibility index (Phi) is 23.0. The lowest BCUT2D eigenvalue weighted by Gasteiger charge is -2.23. The van der Waals surface area contributed by atoms with Crippen molar-refractivity contribution in [2.45, 2.75) is 174 Å². The van der Waals surface area contributed by atoms with Crippen LogP contribution >= 0.6 is 0 Å². The van der Waals surface area contributed by atoms with Gasteiger partial charge < -0.3 is 0 Å². The van der Waals surface area contributed by atoms with Crippen LogP contribution in [-0.2, 0) is 4.80 Å². The number of rotatable bonds is 24. The predicted molar refractivity (Wildman–Crippen MR) is 135 cm³/mol. The summed E-state index contributed by atoms with van der Waals surface area (Å²) < 4.78 is 0. The molecule has 0 aromatic carbocycles. The minimum Gasteiger partial charge on any atom is -0.297 e. The van der Waals surface area contributed by atoms with E-state index in [2.05, 4.69) is 20.8 Å². The minimum atomic E-state index is -2.23. The van der Waals surface area contributed by atoms with Gasteiger partial charge in [0.2, 0.25) is 8.32 Å². The van der Waals surface area contributed by atoms with E-state index in [0.29, 0.717) is 0 Å². The maximum atomic E-state index is 13.6. The molecule has 175 valence electrons. The highest BCUT2D eigenvalue weighted by molar-refractivity contribution is 6.72. The van der Waals surface area contributed by atoms with Gasteiger partial charge in [-0.05, 0) is 18.1 Å². The van der Waals surface area contributed by atoms with Crippen LogP contribution in [0, 0.1) is 0 Å². The van der Waals surface area contributed by atoms with Crippen molar-refractivity contribution in [2.75, 3.05) is 0 Å². The third-order valence-corrected chi connectivity index (χ3v) is 10.5. The smallest absolute Gasteiger partial charge is 0.237 e. The molecule has 2 heteroatoms. The SMILES string of the molecule is CCCCCCCCC[Si]([O])(CCCCCCCCC)CCCCCCCCC. The van der Waals surface area contributed by atoms with Crippen LogP contribution in [0.4, 0.5) is 0 Å². The van der Waals surface area contributed by atoms with Crippen molar-refractivity contribution in [3.8, 4) is 0 Å². The Hall–Kier alpha value is 0.177. The van der Waals surface area contributed by atoms with Crippen LogP contribution in [0.25, 0.3) is 0 Å². The Labute approximate surface area is 187 Å². The molecule has 0 atom stereocenters. The summed E-state index contributed by atoms with van der Waals surface area (Å²) in [6.45, 7) is 6.85. The summed E-state index contributed by atoms with van der Waals surface area (Å²) in [5, 5.41) is 0. The molecule has 0 N–H and O–H groups in total. The average Bonchev–Trinajstić information content (AvgIpc) is 2.72. The average molecular weight is 426 g/mol. The molecular formula is C27H57OSi. The molecule has 0 saturated carbocycles. The first-order chi connectivity index (χ1) is 14.2. The van der Waals surface area contributed by atoms with Crippen molar-refractivity contribution in [3.63, 3.8) is 0 Å². The van der Waals surface area contributed by atoms with Crippen molar-refractivity contribution >= 4 is 8.32 Å². The number of hydrogen-bond donors (Lipinski definition) is 0. The molecule has 0 rings (SSSR count). The van der Waals surface area contributed by atoms with Crippen molar-refractivity contribution in [2.24, 2.45) is 0 Å². The van der Waals surface area contributed by atoms with E-state index in [9.17, 15) is 4.80 Å². The summed E-state index contributed by atoms with van der Waals surface area (Å²) in [6.07, 6.45) is 28.2. The zero-order valence-electron chi connectivity index (χ0n) is 20.9. The third kappa shape index (κ3) is 21.2. The zero-order valence-corrected chi connectivity index (χ0v) is 21.9. The van der Waals surface area contributed by atoms with Crippen LogP contribution in [0.2, 0.25) is 18.1 Å². The molecule has 0 unspecified atom stereocenters. The zero-order chi connectivity index (χ0) is 21.5. The molecule has 0 heterocycles. The molecular weight excluding hydrogens is 368 g/mol. The normalized spacial score (nSPS) is 12.0. The van der Waals surface area contributed by atoms with E-state index in [-0.39, 0.29) is 0 Å². The van der Waals surface area contributed by atoms with Gasteiger partial charge in [-0.1, -0.05) is 156 Å². The second-order valence-electron chi connectivity index (χ2n) is 9.80. The molecule has 0 saturated heterocycles. The van der Waals surface area contributed by atoms with Crippen LogP contribution in [-0.4, -0.2) is 8.32 Å². The van der Waals surface area contributed by atoms with Gasteiger partial charge in [-0.15, -0.1) is 0 Å². The Balaban J connectivity index is 4.03. The second kappa shape index (κ2) is 22.9. The van der Waals surface area contributed by atoms with Crippen LogP contribution in [0.15, 0.2) is 0 Å². The van der Waals surface area contributed by atoms with E-state index in [0.717, 1.165) is 18.1 Å². The first-order valence-corrected chi connectivity index (χ1v) is 16.4. The maximum Gasteiger partial charge on any atom is 0.237 e. The molecule has 1 radical (unpaired) electrons. The van der Waals surface area contributed by atoms with E-state index in [1.165, 1.54) is 135 Å². The fourth-order valence-corrected chi connectivity index (χ4v) is 8.02. The molecule has 29 heavy (non-hydrogen) atoms. The van der Waals surface area contributed by atoms with Crippen molar-refractivity contribution in [3.05, 3.63) is 0 Å². The van der Waals surface area contributed by atoms with Gasteiger partial charge in [0, 0.05) is 0 Å². The highest BCUT2D eigenvalue weighted by Gasteiger charge is 2.31. The van der Waals surface area contributed by atoms with Gasteiger partial charge >= 0.3 is 0 Å². The summed E-state index contributed by atoms with van der Waals surface area (Å²) in [5.74, 6) is 0. The Morgan fingerprint density at radius 3 is 0.793 bits per heavy atom. The van der Waals surface area contributed by atoms with E-state index in [1.54, 1.807) is 0 Å². The quantitative estimate of drug-likeness (QED) is 0.108. The molecule has 0 spiro atoms. The van der Waals surface area contributed by atoms with Gasteiger partial charge in [0.1, 0.15) is 0 Å². The standard InChI is InChI=1S/C27H57OSi/c1-4-7-10-13-16-19-22-25-29(28,26-23-20-17-14-11-8-5-2)27-24-21-18-15-12-9-6-3/h4-27H2,1-3H3. The predicted octanol–water partition coefficient (Wildman–Crippen LogP) is 10.6. The topological polar surface area (TPSA) is 19.9 Å². The van der Waals surface area contributed by atoms with Crippen LogP contribution in [0.1, 0.15) is 156 Å². The second-order valence-corrected chi connectivity index (χ2v) is 13.7. The Morgan fingerprint density at radius 2 is 0.552 bits per heavy atom. The van der Waals surface area contributed by atoms with E-state index < -0.39 is 8.32 Å². The molecule has 1 nitrogen and oxygen atoms in total. The number of hydrogen-bond acceptors (Lipinski definition) is 0. The largest absolute Gasteiger partial charge is 0.297 e. The van der Waals surface area contributed by atoms with Gasteiger partial charge in [-0.2, -0.15) is 0 Å². The third-order valence-electron chi connectivity index (χ3n) is 6.71. The number of unbranched alkanes of at least 4 members (excludes halogenated alkanes) is 18. The van der Waals surface area contributed by atoms with Crippen LogP contribution in [0.3, 0.4) is 0 Å². The van der Waals surface area contributed by atoms with Gasteiger partial charge in [0.25, 0.3) is 0 Å². The first kappa shape index (κ1) is 29.2. The van der Waals surface area contributed by atoms with Crippen molar-refractivity contribution in [1.82, 2.24) is 0 Å². The fraction of sp³-hybridized carbons (Fsp3) is 1.00. The summed E-state index contributed by atoms with van der Waals surface area (Å²) in [7, 11) is -2.23. The first-order valence-electron chi connectivity index (χ1n) is 13.9. The van der Waals surface area contributed by atoms with Gasteiger partial charge in [-0.3, -0.25) is 4.80 Å². The summed E-state index contributed by atoms with van der Waals surface area (Å²) >= 11 is 0. The lowest BCUT2D eigenvalue weighted by Crippen LogP contribution is -2.32. The highest BCUT2D eigenvalue weighted by Crippen LogP contribution is 2.28. The summed E-state index contributed by atoms with van der Waals surface area (Å²) in [5.41, 5.74) is 0. The van der Waals surface area contributed by atoms with Gasteiger partial charge in [-0.25, -0.2) is 0 Å². The minimum absolute atomic E-state index is 1.08. The molecule has 0 bridgehead atoms. The molecule has 0 aromatic heterocycles. The van der Waals surface area contributed by atoms with Gasteiger partial charge in [0.15, 0.2) is 0 Å². The maximum absolute atomic E-state index is 13.6. The van der Waals surface area contributed by atoms with Crippen LogP contribution < -0.4 is 0 Å². The molecule has 0 aliphatic rings. The van der Waals surface area contributed by atoms with E-state index in [4.69, 9.17) is 0 Å². The lowest BCUT2D eigenvalue weighted by molar-refractivity contribution is 0.398. The summed E-state index contributed by atoms with van der Waals surface area (Å²) in [4.78, 5) is 13.6. The molecule has 0 fully saturated rings. The van der Waals surface area contributed by atoms with Crippen molar-refractivity contribution in [1.29, 1.82) is 0 Å². The lowest BCUT2D eigenvalue weighted by atomic mass is 10.1. The monoisotopic (exact) mass is 425 g/mol.